The Hall–Kier alpha value is -3.20. The molecule has 0 aliphatic carbocycles. The number of benzene rings is 1. The molecule has 2 N–H and O–H groups in total. The third-order valence-corrected chi connectivity index (χ3v) is 4.11. The van der Waals surface area contributed by atoms with E-state index in [0.29, 0.717) is 24.1 Å². The van der Waals surface area contributed by atoms with Gasteiger partial charge >= 0.3 is 6.03 Å². The van der Waals surface area contributed by atoms with Crippen LogP contribution in [0.15, 0.2) is 34.9 Å². The number of hydrogen-bond acceptors (Lipinski definition) is 6. The molecule has 1 atom stereocenters. The van der Waals surface area contributed by atoms with Crippen LogP contribution in [0.2, 0.25) is 0 Å². The van der Waals surface area contributed by atoms with Gasteiger partial charge in [-0.05, 0) is 30.7 Å². The van der Waals surface area contributed by atoms with E-state index >= 15 is 0 Å². The minimum absolute atomic E-state index is 0.327. The molecule has 3 aromatic rings. The van der Waals surface area contributed by atoms with Crippen molar-refractivity contribution in [2.24, 2.45) is 7.05 Å². The maximum Gasteiger partial charge on any atom is 0.319 e. The standard InChI is InChI=1S/C18H22N6O3/c1-11-5-6-13(17-23-22-12(2)27-17)9-14(11)20-18(25)21-15(10-26-4)16-7-8-19-24(16)3/h5-9,15H,10H2,1-4H3,(H2,20,21,25)/t15-/m0/s1. The Bertz CT molecular complexity index is 933. The quantitative estimate of drug-likeness (QED) is 0.691. The zero-order valence-corrected chi connectivity index (χ0v) is 15.7. The first kappa shape index (κ1) is 18.6. The number of urea groups is 1. The molecule has 0 bridgehead atoms. The van der Waals surface area contributed by atoms with Gasteiger partial charge < -0.3 is 19.8 Å². The van der Waals surface area contributed by atoms with Crippen LogP contribution >= 0.6 is 0 Å². The van der Waals surface area contributed by atoms with E-state index in [2.05, 4.69) is 25.9 Å². The molecule has 2 aromatic heterocycles. The van der Waals surface area contributed by atoms with E-state index in [-0.39, 0.29) is 12.1 Å². The minimum atomic E-state index is -0.347. The lowest BCUT2D eigenvalue weighted by atomic mass is 10.1. The number of carbonyl (C=O) groups is 1. The Morgan fingerprint density at radius 1 is 1.30 bits per heavy atom. The SMILES string of the molecule is COC[C@H](NC(=O)Nc1cc(-c2nnc(C)o2)ccc1C)c1ccnn1C. The number of nitrogens with zero attached hydrogens (tertiary/aromatic N) is 4. The number of nitrogens with one attached hydrogen (secondary N) is 2. The van der Waals surface area contributed by atoms with Crippen LogP contribution in [-0.2, 0) is 11.8 Å². The van der Waals surface area contributed by atoms with Crippen molar-refractivity contribution < 1.29 is 13.9 Å². The summed E-state index contributed by atoms with van der Waals surface area (Å²) in [4.78, 5) is 12.5. The number of ether oxygens (including phenoxy) is 1. The van der Waals surface area contributed by atoms with E-state index < -0.39 is 0 Å². The summed E-state index contributed by atoms with van der Waals surface area (Å²) in [6.45, 7) is 3.96. The molecule has 2 heterocycles. The van der Waals surface area contributed by atoms with Crippen LogP contribution in [0.5, 0.6) is 0 Å². The number of amides is 2. The first-order valence-electron chi connectivity index (χ1n) is 8.43. The summed E-state index contributed by atoms with van der Waals surface area (Å²) in [7, 11) is 3.40. The van der Waals surface area contributed by atoms with Gasteiger partial charge in [-0.1, -0.05) is 6.07 Å². The van der Waals surface area contributed by atoms with Gasteiger partial charge in [0.1, 0.15) is 0 Å². The average molecular weight is 370 g/mol. The molecule has 3 rings (SSSR count). The van der Waals surface area contributed by atoms with Gasteiger partial charge in [0.15, 0.2) is 0 Å². The van der Waals surface area contributed by atoms with Crippen molar-refractivity contribution >= 4 is 11.7 Å². The first-order valence-corrected chi connectivity index (χ1v) is 8.43. The van der Waals surface area contributed by atoms with E-state index in [9.17, 15) is 4.79 Å². The predicted molar refractivity (Wildman–Crippen MR) is 99.2 cm³/mol. The summed E-state index contributed by atoms with van der Waals surface area (Å²) >= 11 is 0. The topological polar surface area (TPSA) is 107 Å². The molecule has 0 radical (unpaired) electrons. The fraction of sp³-hybridized carbons (Fsp3) is 0.333. The number of carbonyl (C=O) groups excluding carboxylic acids is 1. The van der Waals surface area contributed by atoms with Crippen LogP contribution in [0.25, 0.3) is 11.5 Å². The fourth-order valence-electron chi connectivity index (χ4n) is 2.71. The van der Waals surface area contributed by atoms with Crippen LogP contribution in [0.4, 0.5) is 10.5 Å². The van der Waals surface area contributed by atoms with Gasteiger partial charge in [0.25, 0.3) is 0 Å². The number of aromatic nitrogens is 4. The Morgan fingerprint density at radius 3 is 2.74 bits per heavy atom. The van der Waals surface area contributed by atoms with Crippen LogP contribution in [0.3, 0.4) is 0 Å². The van der Waals surface area contributed by atoms with E-state index in [4.69, 9.17) is 9.15 Å². The van der Waals surface area contributed by atoms with Gasteiger partial charge in [-0.25, -0.2) is 4.79 Å². The van der Waals surface area contributed by atoms with E-state index in [1.807, 2.05) is 32.2 Å². The average Bonchev–Trinajstić information content (AvgIpc) is 3.25. The van der Waals surface area contributed by atoms with E-state index in [1.54, 1.807) is 31.0 Å². The van der Waals surface area contributed by atoms with Crippen LogP contribution < -0.4 is 10.6 Å². The smallest absolute Gasteiger partial charge is 0.319 e. The lowest BCUT2D eigenvalue weighted by Gasteiger charge is -2.19. The fourth-order valence-corrected chi connectivity index (χ4v) is 2.71. The summed E-state index contributed by atoms with van der Waals surface area (Å²) in [5.41, 5.74) is 3.14. The summed E-state index contributed by atoms with van der Waals surface area (Å²) in [5, 5.41) is 17.8. The summed E-state index contributed by atoms with van der Waals surface area (Å²) in [5.74, 6) is 0.888. The molecule has 9 heteroatoms. The van der Waals surface area contributed by atoms with Crippen molar-refractivity contribution in [3.8, 4) is 11.5 Å². The molecule has 2 amide bonds. The summed E-state index contributed by atoms with van der Waals surface area (Å²) in [6, 6.07) is 6.72. The second-order valence-corrected chi connectivity index (χ2v) is 6.14. The van der Waals surface area contributed by atoms with Crippen LogP contribution in [0, 0.1) is 13.8 Å². The molecule has 0 saturated heterocycles. The van der Waals surface area contributed by atoms with Crippen molar-refractivity contribution in [3.05, 3.63) is 47.6 Å². The molecule has 0 fully saturated rings. The lowest BCUT2D eigenvalue weighted by molar-refractivity contribution is 0.165. The van der Waals surface area contributed by atoms with Gasteiger partial charge in [0.05, 0.1) is 18.3 Å². The molecule has 9 nitrogen and oxygen atoms in total. The molecule has 0 aliphatic rings. The maximum absolute atomic E-state index is 12.5. The largest absolute Gasteiger partial charge is 0.421 e. The number of methoxy groups -OCH3 is 1. The highest BCUT2D eigenvalue weighted by atomic mass is 16.5. The maximum atomic E-state index is 12.5. The third-order valence-electron chi connectivity index (χ3n) is 4.11. The minimum Gasteiger partial charge on any atom is -0.421 e. The molecule has 142 valence electrons. The monoisotopic (exact) mass is 370 g/mol. The number of aryl methyl sites for hydroxylation is 3. The molecule has 0 spiro atoms. The molecule has 27 heavy (non-hydrogen) atoms. The second kappa shape index (κ2) is 8.00. The number of hydrogen-bond donors (Lipinski definition) is 2. The van der Waals surface area contributed by atoms with Gasteiger partial charge in [-0.15, -0.1) is 10.2 Å². The second-order valence-electron chi connectivity index (χ2n) is 6.14. The van der Waals surface area contributed by atoms with Gasteiger partial charge in [0.2, 0.25) is 11.8 Å². The molecule has 0 unspecified atom stereocenters. The van der Waals surface area contributed by atoms with Crippen molar-refractivity contribution in [3.63, 3.8) is 0 Å². The normalized spacial score (nSPS) is 12.0. The lowest BCUT2D eigenvalue weighted by Crippen LogP contribution is -2.36. The van der Waals surface area contributed by atoms with Crippen LogP contribution in [-0.4, -0.2) is 39.7 Å². The summed E-state index contributed by atoms with van der Waals surface area (Å²) in [6.07, 6.45) is 1.68. The van der Waals surface area contributed by atoms with Gasteiger partial charge in [-0.2, -0.15) is 5.10 Å². The Morgan fingerprint density at radius 2 is 2.11 bits per heavy atom. The molecule has 1 aromatic carbocycles. The molecular weight excluding hydrogens is 348 g/mol. The van der Waals surface area contributed by atoms with Crippen LogP contribution in [0.1, 0.15) is 23.2 Å². The highest BCUT2D eigenvalue weighted by Gasteiger charge is 2.18. The Labute approximate surface area is 156 Å². The van der Waals surface area contributed by atoms with Gasteiger partial charge in [-0.3, -0.25) is 4.68 Å². The van der Waals surface area contributed by atoms with E-state index in [1.165, 1.54) is 0 Å². The number of rotatable bonds is 6. The van der Waals surface area contributed by atoms with Crippen molar-refractivity contribution in [1.29, 1.82) is 0 Å². The van der Waals surface area contributed by atoms with Crippen molar-refractivity contribution in [2.45, 2.75) is 19.9 Å². The van der Waals surface area contributed by atoms with Gasteiger partial charge in [0, 0.05) is 38.5 Å². The van der Waals surface area contributed by atoms with Crippen molar-refractivity contribution in [2.75, 3.05) is 19.0 Å². The Kier molecular flexibility index (Phi) is 5.51. The third kappa shape index (κ3) is 4.32. The molecule has 0 saturated carbocycles. The van der Waals surface area contributed by atoms with E-state index in [0.717, 1.165) is 16.8 Å². The predicted octanol–water partition coefficient (Wildman–Crippen LogP) is 2.60. The highest BCUT2D eigenvalue weighted by Crippen LogP contribution is 2.24. The molecule has 0 aliphatic heterocycles. The highest BCUT2D eigenvalue weighted by molar-refractivity contribution is 5.91. The number of anilines is 1. The first-order chi connectivity index (χ1) is 13.0. The van der Waals surface area contributed by atoms with Crippen molar-refractivity contribution in [1.82, 2.24) is 25.3 Å². The zero-order valence-electron chi connectivity index (χ0n) is 15.7. The molecular formula is C18H22N6O3. The zero-order chi connectivity index (χ0) is 19.4. The summed E-state index contributed by atoms with van der Waals surface area (Å²) < 4.78 is 12.4. The Balaban J connectivity index is 1.76.